The van der Waals surface area contributed by atoms with Crippen LogP contribution in [-0.2, 0) is 9.59 Å². The average Bonchev–Trinajstić information content (AvgIpc) is 2.53. The maximum atomic E-state index is 12.3. The minimum absolute atomic E-state index is 0.0407. The van der Waals surface area contributed by atoms with Crippen molar-refractivity contribution >= 4 is 11.9 Å². The molecular weight excluding hydrogens is 244 g/mol. The number of rotatable bonds is 5. The van der Waals surface area contributed by atoms with E-state index in [-0.39, 0.29) is 18.5 Å². The number of carboxylic acid groups (broad SMARTS) is 1. The maximum Gasteiger partial charge on any atom is 0.323 e. The van der Waals surface area contributed by atoms with Crippen LogP contribution in [0, 0.1) is 5.92 Å². The van der Waals surface area contributed by atoms with Gasteiger partial charge in [0.2, 0.25) is 5.91 Å². The second-order valence-corrected chi connectivity index (χ2v) is 5.75. The van der Waals surface area contributed by atoms with Gasteiger partial charge in [-0.25, -0.2) is 0 Å². The SMILES string of the molecule is O=C(O)CN(C(=O)CC1CCCNCC1)C1CCC1. The molecule has 1 saturated carbocycles. The molecule has 5 heteroatoms. The van der Waals surface area contributed by atoms with Crippen molar-refractivity contribution in [2.24, 2.45) is 5.92 Å². The van der Waals surface area contributed by atoms with Crippen LogP contribution in [0.25, 0.3) is 0 Å². The van der Waals surface area contributed by atoms with Crippen molar-refractivity contribution in [2.75, 3.05) is 19.6 Å². The normalized spacial score (nSPS) is 24.3. The Labute approximate surface area is 114 Å². The van der Waals surface area contributed by atoms with Gasteiger partial charge in [-0.2, -0.15) is 0 Å². The summed E-state index contributed by atoms with van der Waals surface area (Å²) in [7, 11) is 0. The Morgan fingerprint density at radius 3 is 2.53 bits per heavy atom. The first-order valence-corrected chi connectivity index (χ1v) is 7.39. The Balaban J connectivity index is 1.88. The lowest BCUT2D eigenvalue weighted by atomic mass is 9.90. The fourth-order valence-corrected chi connectivity index (χ4v) is 2.92. The molecule has 1 amide bonds. The summed E-state index contributed by atoms with van der Waals surface area (Å²) in [4.78, 5) is 24.8. The zero-order chi connectivity index (χ0) is 13.7. The van der Waals surface area contributed by atoms with Gasteiger partial charge in [-0.1, -0.05) is 0 Å². The smallest absolute Gasteiger partial charge is 0.323 e. The highest BCUT2D eigenvalue weighted by molar-refractivity contribution is 5.81. The summed E-state index contributed by atoms with van der Waals surface area (Å²) in [6.45, 7) is 1.88. The highest BCUT2D eigenvalue weighted by Gasteiger charge is 2.31. The van der Waals surface area contributed by atoms with Crippen LogP contribution in [0.4, 0.5) is 0 Å². The van der Waals surface area contributed by atoms with E-state index in [4.69, 9.17) is 5.11 Å². The van der Waals surface area contributed by atoms with Gasteiger partial charge in [0.1, 0.15) is 6.54 Å². The number of nitrogens with one attached hydrogen (secondary N) is 1. The van der Waals surface area contributed by atoms with Crippen molar-refractivity contribution < 1.29 is 14.7 Å². The monoisotopic (exact) mass is 268 g/mol. The number of carbonyl (C=O) groups is 2. The molecule has 0 aromatic heterocycles. The fraction of sp³-hybridized carbons (Fsp3) is 0.857. The number of carbonyl (C=O) groups excluding carboxylic acids is 1. The van der Waals surface area contributed by atoms with Crippen LogP contribution in [0.1, 0.15) is 44.9 Å². The van der Waals surface area contributed by atoms with Gasteiger partial charge in [-0.15, -0.1) is 0 Å². The number of carboxylic acids is 1. The van der Waals surface area contributed by atoms with Crippen molar-refractivity contribution in [2.45, 2.75) is 51.0 Å². The lowest BCUT2D eigenvalue weighted by molar-refractivity contribution is -0.148. The largest absolute Gasteiger partial charge is 0.480 e. The molecule has 0 spiro atoms. The van der Waals surface area contributed by atoms with E-state index in [9.17, 15) is 9.59 Å². The highest BCUT2D eigenvalue weighted by atomic mass is 16.4. The third kappa shape index (κ3) is 4.20. The summed E-state index contributed by atoms with van der Waals surface area (Å²) in [5.41, 5.74) is 0. The second-order valence-electron chi connectivity index (χ2n) is 5.75. The van der Waals surface area contributed by atoms with E-state index in [2.05, 4.69) is 5.32 Å². The molecule has 0 aromatic carbocycles. The number of hydrogen-bond acceptors (Lipinski definition) is 3. The Morgan fingerprint density at radius 2 is 1.89 bits per heavy atom. The number of hydrogen-bond donors (Lipinski definition) is 2. The molecule has 2 N–H and O–H groups in total. The number of amides is 1. The molecule has 0 bridgehead atoms. The third-order valence-electron chi connectivity index (χ3n) is 4.30. The summed E-state index contributed by atoms with van der Waals surface area (Å²) in [6, 6.07) is 0.174. The van der Waals surface area contributed by atoms with E-state index in [0.29, 0.717) is 12.3 Å². The van der Waals surface area contributed by atoms with Crippen molar-refractivity contribution in [3.8, 4) is 0 Å². The molecule has 2 aliphatic rings. The minimum Gasteiger partial charge on any atom is -0.480 e. The van der Waals surface area contributed by atoms with Crippen LogP contribution >= 0.6 is 0 Å². The van der Waals surface area contributed by atoms with E-state index in [1.807, 2.05) is 0 Å². The maximum absolute atomic E-state index is 12.3. The van der Waals surface area contributed by atoms with Crippen LogP contribution < -0.4 is 5.32 Å². The Bertz CT molecular complexity index is 321. The first-order chi connectivity index (χ1) is 9.16. The molecular formula is C14H24N2O3. The minimum atomic E-state index is -0.900. The first-order valence-electron chi connectivity index (χ1n) is 7.39. The topological polar surface area (TPSA) is 69.6 Å². The fourth-order valence-electron chi connectivity index (χ4n) is 2.92. The molecule has 19 heavy (non-hydrogen) atoms. The van der Waals surface area contributed by atoms with Gasteiger partial charge in [-0.3, -0.25) is 9.59 Å². The third-order valence-corrected chi connectivity index (χ3v) is 4.30. The first kappa shape index (κ1) is 14.3. The van der Waals surface area contributed by atoms with Gasteiger partial charge >= 0.3 is 5.97 Å². The van der Waals surface area contributed by atoms with Crippen LogP contribution in [-0.4, -0.2) is 47.6 Å². The predicted molar refractivity (Wildman–Crippen MR) is 71.8 cm³/mol. The van der Waals surface area contributed by atoms with Gasteiger partial charge in [0, 0.05) is 12.5 Å². The summed E-state index contributed by atoms with van der Waals surface area (Å²) in [5, 5.41) is 12.3. The van der Waals surface area contributed by atoms with Crippen molar-refractivity contribution in [1.82, 2.24) is 10.2 Å². The molecule has 108 valence electrons. The van der Waals surface area contributed by atoms with Crippen LogP contribution in [0.5, 0.6) is 0 Å². The predicted octanol–water partition coefficient (Wildman–Crippen LogP) is 1.23. The summed E-state index contributed by atoms with van der Waals surface area (Å²) in [5.74, 6) is -0.444. The standard InChI is InChI=1S/C14H24N2O3/c17-13(9-11-3-2-7-15-8-6-11)16(10-14(18)19)12-4-1-5-12/h11-12,15H,1-10H2,(H,18,19). The molecule has 1 aliphatic carbocycles. The van der Waals surface area contributed by atoms with Crippen LogP contribution in [0.3, 0.4) is 0 Å². The highest BCUT2D eigenvalue weighted by Crippen LogP contribution is 2.27. The van der Waals surface area contributed by atoms with Gasteiger partial charge < -0.3 is 15.3 Å². The molecule has 0 radical (unpaired) electrons. The van der Waals surface area contributed by atoms with Gasteiger partial charge in [0.25, 0.3) is 0 Å². The van der Waals surface area contributed by atoms with E-state index >= 15 is 0 Å². The van der Waals surface area contributed by atoms with Gasteiger partial charge in [0.05, 0.1) is 0 Å². The van der Waals surface area contributed by atoms with Crippen molar-refractivity contribution in [3.05, 3.63) is 0 Å². The lowest BCUT2D eigenvalue weighted by Crippen LogP contribution is -2.47. The Hall–Kier alpha value is -1.10. The van der Waals surface area contributed by atoms with Crippen LogP contribution in [0.15, 0.2) is 0 Å². The van der Waals surface area contributed by atoms with Crippen molar-refractivity contribution in [1.29, 1.82) is 0 Å². The van der Waals surface area contributed by atoms with Crippen LogP contribution in [0.2, 0.25) is 0 Å². The average molecular weight is 268 g/mol. The summed E-state index contributed by atoms with van der Waals surface area (Å²) < 4.78 is 0. The zero-order valence-electron chi connectivity index (χ0n) is 11.4. The molecule has 1 heterocycles. The molecule has 1 atom stereocenters. The molecule has 1 unspecified atom stereocenters. The van der Waals surface area contributed by atoms with Gasteiger partial charge in [-0.05, 0) is 57.5 Å². The number of nitrogens with zero attached hydrogens (tertiary/aromatic N) is 1. The second kappa shape index (κ2) is 6.89. The van der Waals surface area contributed by atoms with E-state index in [1.54, 1.807) is 4.90 Å². The molecule has 2 rings (SSSR count). The zero-order valence-corrected chi connectivity index (χ0v) is 11.4. The van der Waals surface area contributed by atoms with Gasteiger partial charge in [0.15, 0.2) is 0 Å². The lowest BCUT2D eigenvalue weighted by Gasteiger charge is -2.37. The summed E-state index contributed by atoms with van der Waals surface area (Å²) in [6.07, 6.45) is 6.77. The van der Waals surface area contributed by atoms with Crippen molar-refractivity contribution in [3.63, 3.8) is 0 Å². The Morgan fingerprint density at radius 1 is 1.11 bits per heavy atom. The Kier molecular flexibility index (Phi) is 5.19. The number of aliphatic carboxylic acids is 1. The molecule has 1 aliphatic heterocycles. The molecule has 5 nitrogen and oxygen atoms in total. The van der Waals surface area contributed by atoms with E-state index < -0.39 is 5.97 Å². The molecule has 1 saturated heterocycles. The quantitative estimate of drug-likeness (QED) is 0.787. The van der Waals surface area contributed by atoms with E-state index in [0.717, 1.165) is 51.6 Å². The van der Waals surface area contributed by atoms with E-state index in [1.165, 1.54) is 0 Å². The molecule has 2 fully saturated rings. The molecule has 0 aromatic rings. The summed E-state index contributed by atoms with van der Waals surface area (Å²) >= 11 is 0.